The molecule has 0 aliphatic carbocycles. The van der Waals surface area contributed by atoms with E-state index in [0.29, 0.717) is 11.7 Å². The number of ether oxygens (including phenoxy) is 1. The van der Waals surface area contributed by atoms with Crippen LogP contribution in [0.1, 0.15) is 51.2 Å². The van der Waals surface area contributed by atoms with Gasteiger partial charge < -0.3 is 10.5 Å². The van der Waals surface area contributed by atoms with Gasteiger partial charge in [-0.25, -0.2) is 9.97 Å². The Bertz CT molecular complexity index is 436. The second-order valence-corrected chi connectivity index (χ2v) is 6.13. The van der Waals surface area contributed by atoms with Gasteiger partial charge in [-0.15, -0.1) is 0 Å². The summed E-state index contributed by atoms with van der Waals surface area (Å²) in [6.07, 6.45) is 3.22. The van der Waals surface area contributed by atoms with Gasteiger partial charge in [-0.05, 0) is 48.0 Å². The van der Waals surface area contributed by atoms with Gasteiger partial charge in [0.25, 0.3) is 0 Å². The molecule has 1 aromatic heterocycles. The summed E-state index contributed by atoms with van der Waals surface area (Å²) in [5.41, 5.74) is 6.93. The fourth-order valence-corrected chi connectivity index (χ4v) is 2.53. The summed E-state index contributed by atoms with van der Waals surface area (Å²) in [5, 5.41) is 0. The van der Waals surface area contributed by atoms with Crippen molar-refractivity contribution in [2.24, 2.45) is 5.92 Å². The first-order chi connectivity index (χ1) is 8.47. The van der Waals surface area contributed by atoms with Crippen LogP contribution < -0.4 is 5.73 Å². The number of halogens is 1. The van der Waals surface area contributed by atoms with E-state index in [2.05, 4.69) is 46.7 Å². The van der Waals surface area contributed by atoms with Gasteiger partial charge in [0.15, 0.2) is 5.82 Å². The Morgan fingerprint density at radius 3 is 2.67 bits per heavy atom. The van der Waals surface area contributed by atoms with Crippen LogP contribution >= 0.6 is 15.9 Å². The molecule has 5 heteroatoms. The summed E-state index contributed by atoms with van der Waals surface area (Å²) in [6, 6.07) is 0. The minimum Gasteiger partial charge on any atom is -0.383 e. The molecule has 1 aliphatic rings. The van der Waals surface area contributed by atoms with Crippen LogP contribution in [0.5, 0.6) is 0 Å². The fraction of sp³-hybridized carbons (Fsp3) is 0.692. The number of nitrogen functional groups attached to an aromatic ring is 1. The highest BCUT2D eigenvalue weighted by atomic mass is 79.9. The lowest BCUT2D eigenvalue weighted by atomic mass is 10.1. The smallest absolute Gasteiger partial charge is 0.159 e. The second-order valence-electron chi connectivity index (χ2n) is 5.34. The van der Waals surface area contributed by atoms with Crippen molar-refractivity contribution in [3.8, 4) is 0 Å². The number of hydrogen-bond acceptors (Lipinski definition) is 4. The highest BCUT2D eigenvalue weighted by Crippen LogP contribution is 2.33. The van der Waals surface area contributed by atoms with E-state index < -0.39 is 0 Å². The molecule has 100 valence electrons. The third kappa shape index (κ3) is 3.01. The molecule has 0 amide bonds. The fourth-order valence-electron chi connectivity index (χ4n) is 2.19. The van der Waals surface area contributed by atoms with Crippen molar-refractivity contribution in [2.75, 3.05) is 5.73 Å². The molecular formula is C13H20BrN3O. The van der Waals surface area contributed by atoms with Crippen molar-refractivity contribution >= 4 is 21.7 Å². The average molecular weight is 314 g/mol. The van der Waals surface area contributed by atoms with Crippen molar-refractivity contribution in [3.63, 3.8) is 0 Å². The zero-order valence-electron chi connectivity index (χ0n) is 11.1. The number of nitrogens with two attached hydrogens (primary N) is 1. The summed E-state index contributed by atoms with van der Waals surface area (Å²) in [7, 11) is 0. The predicted molar refractivity (Wildman–Crippen MR) is 75.2 cm³/mol. The Morgan fingerprint density at radius 2 is 2.11 bits per heavy atom. The van der Waals surface area contributed by atoms with Crippen LogP contribution in [0, 0.1) is 5.92 Å². The normalized spacial score (nSPS) is 23.8. The molecule has 1 aliphatic heterocycles. The zero-order chi connectivity index (χ0) is 13.3. The lowest BCUT2D eigenvalue weighted by Crippen LogP contribution is -2.11. The first kappa shape index (κ1) is 13.7. The molecule has 0 saturated carbocycles. The molecule has 0 aromatic carbocycles. The van der Waals surface area contributed by atoms with Gasteiger partial charge in [-0.2, -0.15) is 0 Å². The van der Waals surface area contributed by atoms with Crippen LogP contribution in [0.15, 0.2) is 4.47 Å². The lowest BCUT2D eigenvalue weighted by molar-refractivity contribution is 0.0502. The maximum atomic E-state index is 5.95. The summed E-state index contributed by atoms with van der Waals surface area (Å²) >= 11 is 3.47. The van der Waals surface area contributed by atoms with Crippen molar-refractivity contribution in [2.45, 2.75) is 52.2 Å². The van der Waals surface area contributed by atoms with Crippen molar-refractivity contribution < 1.29 is 4.74 Å². The minimum atomic E-state index is 0.00122. The van der Waals surface area contributed by atoms with Gasteiger partial charge in [0.1, 0.15) is 11.9 Å². The Labute approximate surface area is 116 Å². The topological polar surface area (TPSA) is 61.0 Å². The Balaban J connectivity index is 2.29. The maximum Gasteiger partial charge on any atom is 0.159 e. The van der Waals surface area contributed by atoms with Crippen LogP contribution in [0.3, 0.4) is 0 Å². The minimum absolute atomic E-state index is 0.00122. The molecule has 4 nitrogen and oxygen atoms in total. The van der Waals surface area contributed by atoms with Crippen molar-refractivity contribution in [3.05, 3.63) is 16.0 Å². The number of anilines is 1. The van der Waals surface area contributed by atoms with Crippen LogP contribution in [0.4, 0.5) is 5.82 Å². The van der Waals surface area contributed by atoms with E-state index in [1.165, 1.54) is 0 Å². The molecule has 1 aromatic rings. The van der Waals surface area contributed by atoms with Gasteiger partial charge in [0, 0.05) is 0 Å². The van der Waals surface area contributed by atoms with Gasteiger partial charge >= 0.3 is 0 Å². The summed E-state index contributed by atoms with van der Waals surface area (Å²) in [6.45, 7) is 6.41. The van der Waals surface area contributed by atoms with E-state index in [1.54, 1.807) is 0 Å². The molecule has 2 heterocycles. The predicted octanol–water partition coefficient (Wildman–Crippen LogP) is 3.26. The highest BCUT2D eigenvalue weighted by Gasteiger charge is 2.27. The molecule has 2 unspecified atom stereocenters. The molecule has 1 saturated heterocycles. The van der Waals surface area contributed by atoms with E-state index in [0.717, 1.165) is 35.3 Å². The third-order valence-electron chi connectivity index (χ3n) is 3.08. The first-order valence-electron chi connectivity index (χ1n) is 6.44. The molecule has 18 heavy (non-hydrogen) atoms. The largest absolute Gasteiger partial charge is 0.383 e. The Hall–Kier alpha value is -0.680. The van der Waals surface area contributed by atoms with E-state index >= 15 is 0 Å². The van der Waals surface area contributed by atoms with Crippen LogP contribution in [0.25, 0.3) is 0 Å². The Kier molecular flexibility index (Phi) is 4.22. The number of rotatable bonds is 3. The number of nitrogens with zero attached hydrogens (tertiary/aromatic N) is 2. The average Bonchev–Trinajstić information content (AvgIpc) is 2.70. The molecule has 1 fully saturated rings. The van der Waals surface area contributed by atoms with Gasteiger partial charge in [0.05, 0.1) is 16.3 Å². The first-order valence-corrected chi connectivity index (χ1v) is 7.24. The lowest BCUT2D eigenvalue weighted by Gasteiger charge is -2.14. The SMILES string of the molecule is CC(C)Cc1nc(C2CCC(C)O2)nc(N)c1Br. The Morgan fingerprint density at radius 1 is 1.39 bits per heavy atom. The number of hydrogen-bond donors (Lipinski definition) is 1. The molecule has 2 atom stereocenters. The van der Waals surface area contributed by atoms with Crippen LogP contribution in [0.2, 0.25) is 0 Å². The molecular weight excluding hydrogens is 294 g/mol. The molecule has 0 bridgehead atoms. The molecule has 2 N–H and O–H groups in total. The highest BCUT2D eigenvalue weighted by molar-refractivity contribution is 9.10. The molecule has 2 rings (SSSR count). The van der Waals surface area contributed by atoms with E-state index in [-0.39, 0.29) is 12.2 Å². The molecule has 0 spiro atoms. The zero-order valence-corrected chi connectivity index (χ0v) is 12.7. The monoisotopic (exact) mass is 313 g/mol. The van der Waals surface area contributed by atoms with Gasteiger partial charge in [0.2, 0.25) is 0 Å². The van der Waals surface area contributed by atoms with Crippen molar-refractivity contribution in [1.82, 2.24) is 9.97 Å². The quantitative estimate of drug-likeness (QED) is 0.930. The van der Waals surface area contributed by atoms with E-state index in [9.17, 15) is 0 Å². The number of aromatic nitrogens is 2. The van der Waals surface area contributed by atoms with Crippen molar-refractivity contribution in [1.29, 1.82) is 0 Å². The van der Waals surface area contributed by atoms with Crippen LogP contribution in [-0.2, 0) is 11.2 Å². The summed E-state index contributed by atoms with van der Waals surface area (Å²) in [5.74, 6) is 1.78. The van der Waals surface area contributed by atoms with Crippen LogP contribution in [-0.4, -0.2) is 16.1 Å². The molecule has 0 radical (unpaired) electrons. The van der Waals surface area contributed by atoms with E-state index in [1.807, 2.05) is 0 Å². The van der Waals surface area contributed by atoms with Gasteiger partial charge in [-0.3, -0.25) is 0 Å². The summed E-state index contributed by atoms with van der Waals surface area (Å²) < 4.78 is 6.63. The third-order valence-corrected chi connectivity index (χ3v) is 3.95. The van der Waals surface area contributed by atoms with Gasteiger partial charge in [-0.1, -0.05) is 13.8 Å². The second kappa shape index (κ2) is 5.53. The van der Waals surface area contributed by atoms with E-state index in [4.69, 9.17) is 10.5 Å². The summed E-state index contributed by atoms with van der Waals surface area (Å²) in [4.78, 5) is 8.98. The maximum absolute atomic E-state index is 5.95. The standard InChI is InChI=1S/C13H20BrN3O/c1-7(2)6-9-11(14)12(15)17-13(16-9)10-5-4-8(3)18-10/h7-8,10H,4-6H2,1-3H3,(H2,15,16,17).